The summed E-state index contributed by atoms with van der Waals surface area (Å²) in [7, 11) is 0. The van der Waals surface area contributed by atoms with E-state index in [9.17, 15) is 0 Å². The van der Waals surface area contributed by atoms with Crippen molar-refractivity contribution >= 4 is 23.4 Å². The number of hydrazine groups is 1. The van der Waals surface area contributed by atoms with Gasteiger partial charge in [-0.3, -0.25) is 4.90 Å². The van der Waals surface area contributed by atoms with E-state index in [1.807, 2.05) is 12.3 Å². The van der Waals surface area contributed by atoms with Gasteiger partial charge in [0.15, 0.2) is 5.16 Å². The van der Waals surface area contributed by atoms with E-state index >= 15 is 0 Å². The molecule has 2 aliphatic rings. The van der Waals surface area contributed by atoms with E-state index < -0.39 is 0 Å². The number of aromatic nitrogens is 2. The number of nitrogens with one attached hydrogen (secondary N) is 1. The van der Waals surface area contributed by atoms with Gasteiger partial charge in [-0.1, -0.05) is 18.2 Å². The van der Waals surface area contributed by atoms with E-state index in [4.69, 9.17) is 5.84 Å². The number of nitrogen functional groups attached to an aromatic ring is 1. The van der Waals surface area contributed by atoms with Crippen molar-refractivity contribution in [3.63, 3.8) is 0 Å². The van der Waals surface area contributed by atoms with Crippen molar-refractivity contribution in [2.24, 2.45) is 5.84 Å². The average Bonchev–Trinajstić information content (AvgIpc) is 2.53. The molecular weight excluding hydrogens is 272 g/mol. The fraction of sp³-hybridized carbons (Fsp3) is 0.692. The van der Waals surface area contributed by atoms with Crippen LogP contribution < -0.4 is 16.2 Å². The molecule has 7 heteroatoms. The standard InChI is InChI=1S/C13H22N6S/c1-20-13-15-11(17-14)8-12(16-13)19-7-6-18-5-3-2-4-10(18)9-19/h8,10H,2-7,9,14H2,1H3,(H,15,16,17). The van der Waals surface area contributed by atoms with Crippen molar-refractivity contribution < 1.29 is 0 Å². The smallest absolute Gasteiger partial charge is 0.191 e. The Morgan fingerprint density at radius 1 is 1.30 bits per heavy atom. The normalized spacial score (nSPS) is 23.5. The van der Waals surface area contributed by atoms with Gasteiger partial charge >= 0.3 is 0 Å². The summed E-state index contributed by atoms with van der Waals surface area (Å²) in [6, 6.07) is 2.62. The zero-order chi connectivity index (χ0) is 13.9. The molecule has 0 amide bonds. The minimum Gasteiger partial charge on any atom is -0.354 e. The molecule has 1 unspecified atom stereocenters. The predicted octanol–water partition coefficient (Wildman–Crippen LogP) is 1.16. The molecule has 0 aromatic carbocycles. The van der Waals surface area contributed by atoms with Crippen LogP contribution in [0.25, 0.3) is 0 Å². The van der Waals surface area contributed by atoms with Crippen molar-refractivity contribution in [2.75, 3.05) is 42.8 Å². The third kappa shape index (κ3) is 2.84. The van der Waals surface area contributed by atoms with Gasteiger partial charge in [-0.25, -0.2) is 15.8 Å². The van der Waals surface area contributed by atoms with Crippen molar-refractivity contribution in [3.05, 3.63) is 6.07 Å². The molecule has 110 valence electrons. The summed E-state index contributed by atoms with van der Waals surface area (Å²) in [4.78, 5) is 13.9. The van der Waals surface area contributed by atoms with Gasteiger partial charge in [-0.2, -0.15) is 0 Å². The predicted molar refractivity (Wildman–Crippen MR) is 83.0 cm³/mol. The van der Waals surface area contributed by atoms with Gasteiger partial charge < -0.3 is 10.3 Å². The summed E-state index contributed by atoms with van der Waals surface area (Å²) < 4.78 is 0. The van der Waals surface area contributed by atoms with Gasteiger partial charge in [0.05, 0.1) is 0 Å². The Morgan fingerprint density at radius 2 is 2.20 bits per heavy atom. The molecule has 2 fully saturated rings. The molecule has 3 rings (SSSR count). The molecule has 1 atom stereocenters. The van der Waals surface area contributed by atoms with Gasteiger partial charge in [0.1, 0.15) is 11.6 Å². The average molecular weight is 294 g/mol. The number of anilines is 2. The molecule has 2 saturated heterocycles. The minimum absolute atomic E-state index is 0.680. The Kier molecular flexibility index (Phi) is 4.28. The van der Waals surface area contributed by atoms with Crippen LogP contribution in [0.5, 0.6) is 0 Å². The molecule has 3 heterocycles. The highest BCUT2D eigenvalue weighted by atomic mass is 32.2. The number of rotatable bonds is 3. The first-order valence-corrected chi connectivity index (χ1v) is 8.41. The van der Waals surface area contributed by atoms with Crippen molar-refractivity contribution in [1.82, 2.24) is 14.9 Å². The maximum absolute atomic E-state index is 5.50. The molecule has 0 radical (unpaired) electrons. The molecule has 6 nitrogen and oxygen atoms in total. The van der Waals surface area contributed by atoms with Gasteiger partial charge in [0.2, 0.25) is 0 Å². The first-order chi connectivity index (χ1) is 9.80. The zero-order valence-corrected chi connectivity index (χ0v) is 12.7. The van der Waals surface area contributed by atoms with E-state index in [0.717, 1.165) is 30.6 Å². The van der Waals surface area contributed by atoms with E-state index in [1.54, 1.807) is 11.8 Å². The Bertz CT molecular complexity index is 446. The molecular formula is C13H22N6S. The van der Waals surface area contributed by atoms with Crippen molar-refractivity contribution in [1.29, 1.82) is 0 Å². The molecule has 0 bridgehead atoms. The SMILES string of the molecule is CSc1nc(NN)cc(N2CCN3CCCCC3C2)n1. The number of fused-ring (bicyclic) bond motifs is 1. The molecule has 0 saturated carbocycles. The fourth-order valence-corrected chi connectivity index (χ4v) is 3.48. The summed E-state index contributed by atoms with van der Waals surface area (Å²) >= 11 is 1.54. The van der Waals surface area contributed by atoms with E-state index in [-0.39, 0.29) is 0 Å². The molecule has 2 aliphatic heterocycles. The van der Waals surface area contributed by atoms with Crippen LogP contribution >= 0.6 is 11.8 Å². The highest BCUT2D eigenvalue weighted by molar-refractivity contribution is 7.98. The second kappa shape index (κ2) is 6.15. The fourth-order valence-electron chi connectivity index (χ4n) is 3.10. The highest BCUT2D eigenvalue weighted by Crippen LogP contribution is 2.26. The lowest BCUT2D eigenvalue weighted by Gasteiger charge is -2.44. The van der Waals surface area contributed by atoms with Crippen LogP contribution in [0.4, 0.5) is 11.6 Å². The third-order valence-corrected chi connectivity index (χ3v) is 4.73. The van der Waals surface area contributed by atoms with E-state index in [1.165, 1.54) is 25.8 Å². The van der Waals surface area contributed by atoms with Crippen molar-refractivity contribution in [3.8, 4) is 0 Å². The molecule has 1 aromatic rings. The van der Waals surface area contributed by atoms with E-state index in [2.05, 4.69) is 25.2 Å². The van der Waals surface area contributed by atoms with Gasteiger partial charge in [-0.05, 0) is 25.6 Å². The third-order valence-electron chi connectivity index (χ3n) is 4.18. The first-order valence-electron chi connectivity index (χ1n) is 7.19. The second-order valence-corrected chi connectivity index (χ2v) is 6.15. The monoisotopic (exact) mass is 294 g/mol. The summed E-state index contributed by atoms with van der Waals surface area (Å²) in [6.45, 7) is 4.49. The summed E-state index contributed by atoms with van der Waals surface area (Å²) in [5, 5.41) is 0.765. The van der Waals surface area contributed by atoms with Crippen molar-refractivity contribution in [2.45, 2.75) is 30.5 Å². The molecule has 3 N–H and O–H groups in total. The van der Waals surface area contributed by atoms with Crippen LogP contribution in [-0.2, 0) is 0 Å². The first kappa shape index (κ1) is 13.9. The largest absolute Gasteiger partial charge is 0.354 e. The topological polar surface area (TPSA) is 70.3 Å². The maximum atomic E-state index is 5.50. The number of piperazine rings is 1. The quantitative estimate of drug-likeness (QED) is 0.375. The second-order valence-electron chi connectivity index (χ2n) is 5.37. The van der Waals surface area contributed by atoms with Gasteiger partial charge in [0, 0.05) is 31.7 Å². The van der Waals surface area contributed by atoms with Crippen LogP contribution in [-0.4, -0.2) is 53.3 Å². The highest BCUT2D eigenvalue weighted by Gasteiger charge is 2.29. The Hall–Kier alpha value is -1.05. The van der Waals surface area contributed by atoms with Crippen LogP contribution in [0.2, 0.25) is 0 Å². The minimum atomic E-state index is 0.680. The molecule has 1 aromatic heterocycles. The maximum Gasteiger partial charge on any atom is 0.191 e. The lowest BCUT2D eigenvalue weighted by atomic mass is 9.99. The number of thioether (sulfide) groups is 1. The number of piperidine rings is 1. The van der Waals surface area contributed by atoms with Crippen LogP contribution in [0.1, 0.15) is 19.3 Å². The van der Waals surface area contributed by atoms with Crippen LogP contribution in [0, 0.1) is 0 Å². The number of nitrogens with zero attached hydrogens (tertiary/aromatic N) is 4. The summed E-state index contributed by atoms with van der Waals surface area (Å²) in [6.07, 6.45) is 5.99. The molecule has 0 spiro atoms. The zero-order valence-electron chi connectivity index (χ0n) is 11.9. The van der Waals surface area contributed by atoms with Crippen LogP contribution in [0.3, 0.4) is 0 Å². The van der Waals surface area contributed by atoms with Gasteiger partial charge in [-0.15, -0.1) is 0 Å². The lowest BCUT2D eigenvalue weighted by Crippen LogP contribution is -2.55. The summed E-state index contributed by atoms with van der Waals surface area (Å²) in [5.74, 6) is 7.18. The van der Waals surface area contributed by atoms with E-state index in [0.29, 0.717) is 11.9 Å². The summed E-state index contributed by atoms with van der Waals surface area (Å²) in [5.41, 5.74) is 2.64. The molecule has 20 heavy (non-hydrogen) atoms. The Morgan fingerprint density at radius 3 is 3.00 bits per heavy atom. The van der Waals surface area contributed by atoms with Gasteiger partial charge in [0.25, 0.3) is 0 Å². The Labute approximate surface area is 124 Å². The number of hydrogen-bond donors (Lipinski definition) is 2. The Balaban J connectivity index is 1.78. The molecule has 0 aliphatic carbocycles. The lowest BCUT2D eigenvalue weighted by molar-refractivity contribution is 0.133. The number of nitrogens with two attached hydrogens (primary N) is 1. The van der Waals surface area contributed by atoms with Crippen LogP contribution in [0.15, 0.2) is 11.2 Å². The number of hydrogen-bond acceptors (Lipinski definition) is 7.